The van der Waals surface area contributed by atoms with Gasteiger partial charge in [0.05, 0.1) is 12.2 Å². The highest BCUT2D eigenvalue weighted by molar-refractivity contribution is 9.10. The van der Waals surface area contributed by atoms with Gasteiger partial charge in [0, 0.05) is 16.2 Å². The molecule has 0 radical (unpaired) electrons. The van der Waals surface area contributed by atoms with Gasteiger partial charge in [0.25, 0.3) is 0 Å². The Morgan fingerprint density at radius 2 is 1.71 bits per heavy atom. The molecule has 106 valence electrons. The van der Waals surface area contributed by atoms with Crippen molar-refractivity contribution in [1.29, 1.82) is 0 Å². The Hall–Kier alpha value is -2.07. The maximum absolute atomic E-state index is 6.09. The summed E-state index contributed by atoms with van der Waals surface area (Å²) in [5, 5.41) is 4.60. The summed E-state index contributed by atoms with van der Waals surface area (Å²) in [5.41, 5.74) is 11.1. The molecule has 0 atom stereocenters. The highest BCUT2D eigenvalue weighted by Crippen LogP contribution is 2.25. The van der Waals surface area contributed by atoms with Crippen molar-refractivity contribution in [1.82, 2.24) is 9.78 Å². The molecule has 0 amide bonds. The second kappa shape index (κ2) is 5.74. The smallest absolute Gasteiger partial charge is 0.115 e. The van der Waals surface area contributed by atoms with Crippen LogP contribution in [0.4, 0.5) is 5.69 Å². The molecule has 0 aliphatic heterocycles. The first kappa shape index (κ1) is 13.9. The van der Waals surface area contributed by atoms with E-state index in [1.54, 1.807) is 0 Å². The van der Waals surface area contributed by atoms with Crippen LogP contribution in [0, 0.1) is 6.92 Å². The number of benzene rings is 2. The molecule has 0 saturated heterocycles. The molecule has 0 bridgehead atoms. The fourth-order valence-corrected chi connectivity index (χ4v) is 2.49. The van der Waals surface area contributed by atoms with Crippen molar-refractivity contribution in [3.8, 4) is 11.3 Å². The maximum atomic E-state index is 6.09. The van der Waals surface area contributed by atoms with Crippen molar-refractivity contribution >= 4 is 21.6 Å². The number of nitrogen functional groups attached to an aromatic ring is 1. The number of nitrogens with two attached hydrogens (primary N) is 1. The molecule has 1 aromatic heterocycles. The van der Waals surface area contributed by atoms with Crippen molar-refractivity contribution in [3.05, 3.63) is 70.3 Å². The lowest BCUT2D eigenvalue weighted by molar-refractivity contribution is 0.689. The van der Waals surface area contributed by atoms with Crippen LogP contribution in [0.25, 0.3) is 11.3 Å². The van der Waals surface area contributed by atoms with Crippen LogP contribution in [0.1, 0.15) is 11.1 Å². The number of halogens is 1. The minimum absolute atomic E-state index is 0.699. The van der Waals surface area contributed by atoms with E-state index in [4.69, 9.17) is 5.73 Å². The van der Waals surface area contributed by atoms with Crippen LogP contribution in [0.15, 0.2) is 59.2 Å². The monoisotopic (exact) mass is 341 g/mol. The van der Waals surface area contributed by atoms with E-state index in [1.807, 2.05) is 35.1 Å². The molecule has 0 aliphatic rings. The highest BCUT2D eigenvalue weighted by Gasteiger charge is 2.08. The Balaban J connectivity index is 1.87. The van der Waals surface area contributed by atoms with Crippen LogP contribution < -0.4 is 5.73 Å². The molecule has 1 heterocycles. The first-order valence-electron chi connectivity index (χ1n) is 6.76. The molecule has 2 N–H and O–H groups in total. The average molecular weight is 342 g/mol. The Kier molecular flexibility index (Phi) is 3.80. The third-order valence-electron chi connectivity index (χ3n) is 3.37. The van der Waals surface area contributed by atoms with Gasteiger partial charge in [-0.25, -0.2) is 0 Å². The lowest BCUT2D eigenvalue weighted by atomic mass is 10.1. The summed E-state index contributed by atoms with van der Waals surface area (Å²) < 4.78 is 2.93. The Morgan fingerprint density at radius 3 is 2.38 bits per heavy atom. The fourth-order valence-electron chi connectivity index (χ4n) is 2.23. The van der Waals surface area contributed by atoms with Crippen LogP contribution in [-0.2, 0) is 6.54 Å². The molecule has 4 heteroatoms. The van der Waals surface area contributed by atoms with Gasteiger partial charge in [0.1, 0.15) is 5.69 Å². The van der Waals surface area contributed by atoms with Gasteiger partial charge in [-0.15, -0.1) is 0 Å². The van der Waals surface area contributed by atoms with Crippen LogP contribution in [-0.4, -0.2) is 9.78 Å². The molecule has 0 saturated carbocycles. The number of rotatable bonds is 3. The van der Waals surface area contributed by atoms with Crippen molar-refractivity contribution < 1.29 is 0 Å². The van der Waals surface area contributed by atoms with Crippen LogP contribution >= 0.6 is 15.9 Å². The van der Waals surface area contributed by atoms with Gasteiger partial charge in [-0.2, -0.15) is 5.10 Å². The molecule has 2 aromatic carbocycles. The maximum Gasteiger partial charge on any atom is 0.115 e. The van der Waals surface area contributed by atoms with Gasteiger partial charge in [0.2, 0.25) is 0 Å². The van der Waals surface area contributed by atoms with Gasteiger partial charge >= 0.3 is 0 Å². The predicted octanol–water partition coefficient (Wildman–Crippen LogP) is 4.25. The van der Waals surface area contributed by atoms with E-state index in [0.29, 0.717) is 5.69 Å². The summed E-state index contributed by atoms with van der Waals surface area (Å²) in [6, 6.07) is 16.5. The van der Waals surface area contributed by atoms with E-state index < -0.39 is 0 Å². The van der Waals surface area contributed by atoms with Crippen LogP contribution in [0.3, 0.4) is 0 Å². The Morgan fingerprint density at radius 1 is 1.05 bits per heavy atom. The summed E-state index contributed by atoms with van der Waals surface area (Å²) in [7, 11) is 0. The summed E-state index contributed by atoms with van der Waals surface area (Å²) in [6.07, 6.45) is 1.89. The minimum atomic E-state index is 0.699. The number of hydrogen-bond donors (Lipinski definition) is 1. The zero-order chi connectivity index (χ0) is 14.8. The predicted molar refractivity (Wildman–Crippen MR) is 90.1 cm³/mol. The van der Waals surface area contributed by atoms with Crippen LogP contribution in [0.5, 0.6) is 0 Å². The second-order valence-corrected chi connectivity index (χ2v) is 6.04. The van der Waals surface area contributed by atoms with E-state index in [2.05, 4.69) is 52.2 Å². The van der Waals surface area contributed by atoms with E-state index in [0.717, 1.165) is 22.3 Å². The molecule has 21 heavy (non-hydrogen) atoms. The topological polar surface area (TPSA) is 43.8 Å². The van der Waals surface area contributed by atoms with E-state index in [-0.39, 0.29) is 0 Å². The summed E-state index contributed by atoms with van der Waals surface area (Å²) >= 11 is 3.43. The minimum Gasteiger partial charge on any atom is -0.396 e. The summed E-state index contributed by atoms with van der Waals surface area (Å²) in [4.78, 5) is 0. The van der Waals surface area contributed by atoms with Gasteiger partial charge in [-0.05, 0) is 24.6 Å². The van der Waals surface area contributed by atoms with Crippen molar-refractivity contribution in [2.45, 2.75) is 13.5 Å². The molecule has 0 spiro atoms. The Labute approximate surface area is 132 Å². The highest BCUT2D eigenvalue weighted by atomic mass is 79.9. The summed E-state index contributed by atoms with van der Waals surface area (Å²) in [6.45, 7) is 2.81. The first-order chi connectivity index (χ1) is 10.1. The quantitative estimate of drug-likeness (QED) is 0.773. The standard InChI is InChI=1S/C17H16BrN3/c1-12-2-4-13(5-3-12)10-21-11-16(19)17(20-21)14-6-8-15(18)9-7-14/h2-9,11H,10,19H2,1H3. The SMILES string of the molecule is Cc1ccc(Cn2cc(N)c(-c3ccc(Br)cc3)n2)cc1. The first-order valence-corrected chi connectivity index (χ1v) is 7.55. The number of aromatic nitrogens is 2. The molecule has 3 nitrogen and oxygen atoms in total. The normalized spacial score (nSPS) is 10.8. The number of hydrogen-bond acceptors (Lipinski definition) is 2. The number of anilines is 1. The van der Waals surface area contributed by atoms with Gasteiger partial charge in [0.15, 0.2) is 0 Å². The number of nitrogens with zero attached hydrogens (tertiary/aromatic N) is 2. The lowest BCUT2D eigenvalue weighted by Gasteiger charge is -2.02. The molecule has 0 unspecified atom stereocenters. The molecular formula is C17H16BrN3. The number of aryl methyl sites for hydroxylation is 1. The van der Waals surface area contributed by atoms with Gasteiger partial charge in [-0.3, -0.25) is 4.68 Å². The fraction of sp³-hybridized carbons (Fsp3) is 0.118. The van der Waals surface area contributed by atoms with Crippen molar-refractivity contribution in [2.75, 3.05) is 5.73 Å². The summed E-state index contributed by atoms with van der Waals surface area (Å²) in [5.74, 6) is 0. The zero-order valence-corrected chi connectivity index (χ0v) is 13.3. The average Bonchev–Trinajstić information content (AvgIpc) is 2.83. The van der Waals surface area contributed by atoms with E-state index >= 15 is 0 Å². The van der Waals surface area contributed by atoms with Crippen LogP contribution in [0.2, 0.25) is 0 Å². The van der Waals surface area contributed by atoms with E-state index in [9.17, 15) is 0 Å². The van der Waals surface area contributed by atoms with Crippen molar-refractivity contribution in [2.24, 2.45) is 0 Å². The second-order valence-electron chi connectivity index (χ2n) is 5.12. The zero-order valence-electron chi connectivity index (χ0n) is 11.8. The molecule has 3 rings (SSSR count). The van der Waals surface area contributed by atoms with Gasteiger partial charge < -0.3 is 5.73 Å². The third-order valence-corrected chi connectivity index (χ3v) is 3.90. The Bertz CT molecular complexity index is 743. The molecule has 0 aliphatic carbocycles. The van der Waals surface area contributed by atoms with E-state index in [1.165, 1.54) is 11.1 Å². The molecular weight excluding hydrogens is 326 g/mol. The van der Waals surface area contributed by atoms with Crippen molar-refractivity contribution in [3.63, 3.8) is 0 Å². The third kappa shape index (κ3) is 3.16. The van der Waals surface area contributed by atoms with Gasteiger partial charge in [-0.1, -0.05) is 57.9 Å². The molecule has 3 aromatic rings. The lowest BCUT2D eigenvalue weighted by Crippen LogP contribution is -2.00. The largest absolute Gasteiger partial charge is 0.396 e. The molecule has 0 fully saturated rings.